The van der Waals surface area contributed by atoms with Gasteiger partial charge in [-0.25, -0.2) is 27.4 Å². The van der Waals surface area contributed by atoms with E-state index in [1.807, 2.05) is 6.92 Å². The van der Waals surface area contributed by atoms with Crippen LogP contribution >= 0.6 is 0 Å². The molecule has 0 spiro atoms. The Hall–Kier alpha value is -4.07. The van der Waals surface area contributed by atoms with Crippen LogP contribution in [-0.4, -0.2) is 48.6 Å². The monoisotopic (exact) mass is 624 g/mol. The highest BCUT2D eigenvalue weighted by Crippen LogP contribution is 2.33. The van der Waals surface area contributed by atoms with Gasteiger partial charge in [0.25, 0.3) is 10.0 Å². The van der Waals surface area contributed by atoms with Gasteiger partial charge in [0, 0.05) is 5.56 Å². The largest absolute Gasteiger partial charge is 0.447 e. The van der Waals surface area contributed by atoms with Crippen molar-refractivity contribution in [2.45, 2.75) is 71.2 Å². The summed E-state index contributed by atoms with van der Waals surface area (Å²) < 4.78 is 79.4. The molecule has 2 amide bonds. The molecule has 0 fully saturated rings. The molecule has 43 heavy (non-hydrogen) atoms. The minimum absolute atomic E-state index is 0.151. The summed E-state index contributed by atoms with van der Waals surface area (Å²) in [6.45, 7) is 11.9. The molecule has 0 radical (unpaired) electrons. The maximum Gasteiger partial charge on any atom is 0.435 e. The smallest absolute Gasteiger partial charge is 0.435 e. The lowest BCUT2D eigenvalue weighted by Gasteiger charge is -2.31. The third-order valence-corrected chi connectivity index (χ3v) is 7.40. The SMILES string of the molecule is Cc1ccc(-c2cc(C(F)(F)F)nn2-c2ccc(S(=O)(=O)NC(=O)OCC(NC(=O)OC(C)(C)C)C(C)(C)C)cc2)cc1. The number of alkyl carbamates (subject to hydrolysis) is 1. The average molecular weight is 625 g/mol. The van der Waals surface area contributed by atoms with E-state index in [9.17, 15) is 31.2 Å². The first kappa shape index (κ1) is 33.4. The normalized spacial score (nSPS) is 13.3. The van der Waals surface area contributed by atoms with Gasteiger partial charge in [-0.2, -0.15) is 18.3 Å². The first-order valence-electron chi connectivity index (χ1n) is 13.2. The minimum Gasteiger partial charge on any atom is -0.447 e. The van der Waals surface area contributed by atoms with E-state index in [0.717, 1.165) is 28.4 Å². The standard InChI is InChI=1S/C29H35F3N4O6S/c1-18-8-10-19(11-9-18)22-16-23(29(30,31)32)34-36(22)20-12-14-21(15-13-20)43(39,40)35-26(38)41-17-24(27(2,3)4)33-25(37)42-28(5,6)7/h8-16,24H,17H2,1-7H3,(H,33,37)(H,35,38). The number of nitrogens with one attached hydrogen (secondary N) is 2. The Morgan fingerprint density at radius 3 is 2.02 bits per heavy atom. The zero-order valence-corrected chi connectivity index (χ0v) is 25.7. The molecule has 2 aromatic carbocycles. The Bertz CT molecular complexity index is 1550. The summed E-state index contributed by atoms with van der Waals surface area (Å²) in [5.74, 6) is 0. The average Bonchev–Trinajstić information content (AvgIpc) is 3.31. The fourth-order valence-electron chi connectivity index (χ4n) is 3.73. The fraction of sp³-hybridized carbons (Fsp3) is 0.414. The predicted molar refractivity (Wildman–Crippen MR) is 153 cm³/mol. The van der Waals surface area contributed by atoms with E-state index in [2.05, 4.69) is 10.4 Å². The van der Waals surface area contributed by atoms with Crippen molar-refractivity contribution >= 4 is 22.2 Å². The second-order valence-corrected chi connectivity index (χ2v) is 13.6. The zero-order chi connectivity index (χ0) is 32.4. The van der Waals surface area contributed by atoms with Crippen LogP contribution in [0.25, 0.3) is 16.9 Å². The fourth-order valence-corrected chi connectivity index (χ4v) is 4.62. The van der Waals surface area contributed by atoms with Gasteiger partial charge < -0.3 is 14.8 Å². The Labute approximate surface area is 248 Å². The number of ether oxygens (including phenoxy) is 2. The number of alkyl halides is 3. The molecule has 0 aliphatic rings. The summed E-state index contributed by atoms with van der Waals surface area (Å²) in [4.78, 5) is 24.3. The maximum absolute atomic E-state index is 13.5. The zero-order valence-electron chi connectivity index (χ0n) is 24.9. The highest BCUT2D eigenvalue weighted by Gasteiger charge is 2.35. The van der Waals surface area contributed by atoms with Crippen molar-refractivity contribution in [3.8, 4) is 16.9 Å². The number of amides is 2. The number of aromatic nitrogens is 2. The molecule has 14 heteroatoms. The number of aryl methyl sites for hydroxylation is 1. The van der Waals surface area contributed by atoms with Gasteiger partial charge in [0.1, 0.15) is 12.2 Å². The van der Waals surface area contributed by atoms with Crippen LogP contribution in [0, 0.1) is 12.3 Å². The third kappa shape index (κ3) is 9.21. The molecule has 3 aromatic rings. The highest BCUT2D eigenvalue weighted by atomic mass is 32.2. The molecule has 1 atom stereocenters. The third-order valence-electron chi connectivity index (χ3n) is 6.07. The molecule has 0 saturated heterocycles. The van der Waals surface area contributed by atoms with Gasteiger partial charge in [-0.3, -0.25) is 0 Å². The molecule has 1 unspecified atom stereocenters. The van der Waals surface area contributed by atoms with Gasteiger partial charge in [0.15, 0.2) is 5.69 Å². The topological polar surface area (TPSA) is 129 Å². The Morgan fingerprint density at radius 1 is 0.930 bits per heavy atom. The molecule has 234 valence electrons. The minimum atomic E-state index is -4.70. The van der Waals surface area contributed by atoms with Crippen LogP contribution in [0.3, 0.4) is 0 Å². The van der Waals surface area contributed by atoms with Crippen LogP contribution in [0.15, 0.2) is 59.5 Å². The molecule has 0 saturated carbocycles. The number of hydrogen-bond donors (Lipinski definition) is 2. The molecule has 0 aliphatic heterocycles. The van der Waals surface area contributed by atoms with E-state index in [1.165, 1.54) is 12.1 Å². The van der Waals surface area contributed by atoms with Gasteiger partial charge in [-0.15, -0.1) is 0 Å². The number of hydrogen-bond acceptors (Lipinski definition) is 7. The molecule has 0 aliphatic carbocycles. The molecular formula is C29H35F3N4O6S. The summed E-state index contributed by atoms with van der Waals surface area (Å²) in [5.41, 5.74) is -0.744. The number of halogens is 3. The van der Waals surface area contributed by atoms with Crippen molar-refractivity contribution in [1.29, 1.82) is 0 Å². The Kier molecular flexibility index (Phi) is 9.54. The van der Waals surface area contributed by atoms with Crippen LogP contribution in [0.1, 0.15) is 52.8 Å². The first-order chi connectivity index (χ1) is 19.7. The number of rotatable bonds is 7. The van der Waals surface area contributed by atoms with E-state index in [4.69, 9.17) is 9.47 Å². The summed E-state index contributed by atoms with van der Waals surface area (Å²) >= 11 is 0. The summed E-state index contributed by atoms with van der Waals surface area (Å²) in [7, 11) is -4.42. The van der Waals surface area contributed by atoms with Crippen LogP contribution in [0.4, 0.5) is 22.8 Å². The second-order valence-electron chi connectivity index (χ2n) is 12.0. The molecular weight excluding hydrogens is 589 g/mol. The quantitative estimate of drug-likeness (QED) is 0.319. The van der Waals surface area contributed by atoms with Crippen LogP contribution in [0.2, 0.25) is 0 Å². The van der Waals surface area contributed by atoms with Gasteiger partial charge >= 0.3 is 18.4 Å². The van der Waals surface area contributed by atoms with Crippen molar-refractivity contribution in [3.63, 3.8) is 0 Å². The summed E-state index contributed by atoms with van der Waals surface area (Å²) in [6.07, 6.45) is -6.71. The van der Waals surface area contributed by atoms with Crippen molar-refractivity contribution in [1.82, 2.24) is 19.8 Å². The molecule has 2 N–H and O–H groups in total. The molecule has 3 rings (SSSR count). The van der Waals surface area contributed by atoms with Crippen molar-refractivity contribution < 1.29 is 40.7 Å². The van der Waals surface area contributed by atoms with E-state index in [0.29, 0.717) is 5.56 Å². The lowest BCUT2D eigenvalue weighted by Crippen LogP contribution is -2.49. The van der Waals surface area contributed by atoms with Crippen molar-refractivity contribution in [2.24, 2.45) is 5.41 Å². The van der Waals surface area contributed by atoms with Crippen molar-refractivity contribution in [2.75, 3.05) is 6.61 Å². The van der Waals surface area contributed by atoms with Gasteiger partial charge in [0.05, 0.1) is 22.3 Å². The van der Waals surface area contributed by atoms with E-state index in [-0.39, 0.29) is 22.9 Å². The van der Waals surface area contributed by atoms with Crippen LogP contribution < -0.4 is 10.0 Å². The Morgan fingerprint density at radius 2 is 1.51 bits per heavy atom. The molecule has 10 nitrogen and oxygen atoms in total. The molecule has 1 aromatic heterocycles. The van der Waals surface area contributed by atoms with Gasteiger partial charge in [0.2, 0.25) is 0 Å². The number of sulfonamides is 1. The summed E-state index contributed by atoms with van der Waals surface area (Å²) in [6, 6.07) is 11.8. The van der Waals surface area contributed by atoms with E-state index < -0.39 is 51.1 Å². The van der Waals surface area contributed by atoms with Crippen LogP contribution in [-0.2, 0) is 25.7 Å². The van der Waals surface area contributed by atoms with E-state index >= 15 is 0 Å². The van der Waals surface area contributed by atoms with Gasteiger partial charge in [-0.1, -0.05) is 50.6 Å². The number of carbonyl (C=O) groups is 2. The molecule has 1 heterocycles. The summed E-state index contributed by atoms with van der Waals surface area (Å²) in [5, 5.41) is 6.33. The number of benzene rings is 2. The number of nitrogens with zero attached hydrogens (tertiary/aromatic N) is 2. The lowest BCUT2D eigenvalue weighted by atomic mass is 9.87. The Balaban J connectivity index is 1.76. The predicted octanol–water partition coefficient (Wildman–Crippen LogP) is 6.22. The second kappa shape index (κ2) is 12.3. The first-order valence-corrected chi connectivity index (χ1v) is 14.7. The van der Waals surface area contributed by atoms with E-state index in [1.54, 1.807) is 70.5 Å². The molecule has 0 bridgehead atoms. The lowest BCUT2D eigenvalue weighted by molar-refractivity contribution is -0.141. The van der Waals surface area contributed by atoms with Crippen LogP contribution in [0.5, 0.6) is 0 Å². The van der Waals surface area contributed by atoms with Gasteiger partial charge in [-0.05, 0) is 63.4 Å². The highest BCUT2D eigenvalue weighted by molar-refractivity contribution is 7.90. The van der Waals surface area contributed by atoms with Crippen molar-refractivity contribution in [3.05, 3.63) is 65.9 Å². The maximum atomic E-state index is 13.5. The number of carbonyl (C=O) groups excluding carboxylic acids is 2.